The zero-order chi connectivity index (χ0) is 17.2. The fourth-order valence-electron chi connectivity index (χ4n) is 3.17. The van der Waals surface area contributed by atoms with E-state index in [1.54, 1.807) is 11.0 Å². The normalized spacial score (nSPS) is 23.0. The lowest BCUT2D eigenvalue weighted by atomic mass is 9.90. The molecule has 1 aromatic rings. The molecule has 1 amide bonds. The molecule has 0 aliphatic carbocycles. The van der Waals surface area contributed by atoms with Crippen molar-refractivity contribution in [2.75, 3.05) is 26.3 Å². The number of nitrogens with zero attached hydrogens (tertiary/aromatic N) is 1. The van der Waals surface area contributed by atoms with Crippen LogP contribution in [-0.4, -0.2) is 53.8 Å². The molecule has 6 nitrogen and oxygen atoms in total. The van der Waals surface area contributed by atoms with Gasteiger partial charge >= 0.3 is 5.97 Å². The van der Waals surface area contributed by atoms with Gasteiger partial charge in [0.1, 0.15) is 0 Å². The molecule has 24 heavy (non-hydrogen) atoms. The fourth-order valence-corrected chi connectivity index (χ4v) is 3.17. The Morgan fingerprint density at radius 2 is 2.00 bits per heavy atom. The van der Waals surface area contributed by atoms with Crippen LogP contribution in [0.5, 0.6) is 5.75 Å². The van der Waals surface area contributed by atoms with Gasteiger partial charge in [-0.25, -0.2) is 9.18 Å². The molecule has 0 bridgehead atoms. The summed E-state index contributed by atoms with van der Waals surface area (Å²) in [4.78, 5) is 25.8. The van der Waals surface area contributed by atoms with E-state index in [1.807, 2.05) is 0 Å². The molecule has 2 aliphatic rings. The number of ether oxygens (including phenoxy) is 2. The molecule has 0 unspecified atom stereocenters. The molecule has 2 fully saturated rings. The second-order valence-corrected chi connectivity index (χ2v) is 6.22. The molecule has 1 N–H and O–H groups in total. The van der Waals surface area contributed by atoms with Gasteiger partial charge in [0.25, 0.3) is 0 Å². The van der Waals surface area contributed by atoms with Crippen molar-refractivity contribution < 1.29 is 28.6 Å². The van der Waals surface area contributed by atoms with Crippen LogP contribution in [0.25, 0.3) is 0 Å². The van der Waals surface area contributed by atoms with E-state index in [4.69, 9.17) is 9.47 Å². The number of hydrogen-bond acceptors (Lipinski definition) is 4. The predicted molar refractivity (Wildman–Crippen MR) is 82.1 cm³/mol. The largest absolute Gasteiger partial charge is 0.478 e. The first-order valence-corrected chi connectivity index (χ1v) is 8.05. The summed E-state index contributed by atoms with van der Waals surface area (Å²) in [6.07, 6.45) is 0.942. The van der Waals surface area contributed by atoms with Gasteiger partial charge in [0, 0.05) is 32.5 Å². The van der Waals surface area contributed by atoms with Crippen LogP contribution in [-0.2, 0) is 14.3 Å². The third-order valence-electron chi connectivity index (χ3n) is 4.69. The number of hydrogen-bond donors (Lipinski definition) is 1. The van der Waals surface area contributed by atoms with Gasteiger partial charge in [-0.05, 0) is 18.6 Å². The second kappa shape index (κ2) is 6.76. The third kappa shape index (κ3) is 3.21. The number of amides is 1. The number of benzene rings is 1. The number of carbonyl (C=O) groups is 2. The van der Waals surface area contributed by atoms with Crippen LogP contribution in [0, 0.1) is 11.7 Å². The van der Waals surface area contributed by atoms with E-state index in [2.05, 4.69) is 0 Å². The number of likely N-dealkylation sites (tertiary alicyclic amines) is 1. The van der Waals surface area contributed by atoms with Crippen LogP contribution in [0.2, 0.25) is 0 Å². The number of halogens is 1. The first-order valence-electron chi connectivity index (χ1n) is 8.05. The Hall–Kier alpha value is -2.15. The standard InChI is InChI=1S/C17H20FNO5/c18-13-3-1-2-4-14(13)24-17(16(21)22)6-8-19(9-7-17)15(20)12-5-10-23-11-12/h1-4,12H,5-11H2,(H,21,22)/t12-/m0/s1. The SMILES string of the molecule is O=C([C@H]1CCOC1)N1CCC(Oc2ccccc2F)(C(=O)O)CC1. The first-order chi connectivity index (χ1) is 11.5. The summed E-state index contributed by atoms with van der Waals surface area (Å²) in [5.74, 6) is -1.96. The highest BCUT2D eigenvalue weighted by atomic mass is 19.1. The van der Waals surface area contributed by atoms with Crippen molar-refractivity contribution in [3.05, 3.63) is 30.1 Å². The van der Waals surface area contributed by atoms with Crippen LogP contribution >= 0.6 is 0 Å². The summed E-state index contributed by atoms with van der Waals surface area (Å²) in [5, 5.41) is 9.61. The number of carbonyl (C=O) groups excluding carboxylic acids is 1. The Morgan fingerprint density at radius 3 is 2.58 bits per heavy atom. The second-order valence-electron chi connectivity index (χ2n) is 6.22. The third-order valence-corrected chi connectivity index (χ3v) is 4.69. The highest BCUT2D eigenvalue weighted by Crippen LogP contribution is 2.31. The number of para-hydroxylation sites is 1. The number of aliphatic carboxylic acids is 1. The molecule has 0 spiro atoms. The number of piperidine rings is 1. The van der Waals surface area contributed by atoms with E-state index in [0.717, 1.165) is 0 Å². The quantitative estimate of drug-likeness (QED) is 0.905. The highest BCUT2D eigenvalue weighted by Gasteiger charge is 2.46. The predicted octanol–water partition coefficient (Wildman–Crippen LogP) is 1.69. The minimum atomic E-state index is -1.51. The first kappa shape index (κ1) is 16.7. The Labute approximate surface area is 139 Å². The maximum absolute atomic E-state index is 13.8. The highest BCUT2D eigenvalue weighted by molar-refractivity contribution is 5.81. The van der Waals surface area contributed by atoms with Gasteiger partial charge in [-0.1, -0.05) is 12.1 Å². The molecule has 1 aromatic carbocycles. The average molecular weight is 337 g/mol. The van der Waals surface area contributed by atoms with Crippen LogP contribution < -0.4 is 4.74 Å². The van der Waals surface area contributed by atoms with Crippen LogP contribution in [0.4, 0.5) is 4.39 Å². The van der Waals surface area contributed by atoms with E-state index in [0.29, 0.717) is 19.6 Å². The minimum absolute atomic E-state index is 0.00243. The van der Waals surface area contributed by atoms with Gasteiger partial charge in [0.05, 0.1) is 12.5 Å². The smallest absolute Gasteiger partial charge is 0.348 e. The van der Waals surface area contributed by atoms with E-state index in [-0.39, 0.29) is 43.5 Å². The Bertz CT molecular complexity index is 621. The minimum Gasteiger partial charge on any atom is -0.478 e. The van der Waals surface area contributed by atoms with Gasteiger partial charge in [-0.15, -0.1) is 0 Å². The fraction of sp³-hybridized carbons (Fsp3) is 0.529. The van der Waals surface area contributed by atoms with Crippen molar-refractivity contribution in [1.29, 1.82) is 0 Å². The van der Waals surface area contributed by atoms with Gasteiger partial charge in [-0.2, -0.15) is 0 Å². The zero-order valence-corrected chi connectivity index (χ0v) is 13.2. The Kier molecular flexibility index (Phi) is 4.71. The maximum atomic E-state index is 13.8. The van der Waals surface area contributed by atoms with Gasteiger partial charge in [0.15, 0.2) is 11.6 Å². The molecule has 3 rings (SSSR count). The number of carboxylic acid groups (broad SMARTS) is 1. The van der Waals surface area contributed by atoms with Gasteiger partial charge < -0.3 is 19.5 Å². The van der Waals surface area contributed by atoms with Crippen LogP contribution in [0.15, 0.2) is 24.3 Å². The van der Waals surface area contributed by atoms with E-state index in [1.165, 1.54) is 18.2 Å². The number of carboxylic acids is 1. The van der Waals surface area contributed by atoms with E-state index < -0.39 is 17.4 Å². The van der Waals surface area contributed by atoms with E-state index in [9.17, 15) is 19.1 Å². The van der Waals surface area contributed by atoms with Gasteiger partial charge in [0.2, 0.25) is 11.5 Å². The summed E-state index contributed by atoms with van der Waals surface area (Å²) >= 11 is 0. The Morgan fingerprint density at radius 1 is 1.29 bits per heavy atom. The van der Waals surface area contributed by atoms with Gasteiger partial charge in [-0.3, -0.25) is 4.79 Å². The van der Waals surface area contributed by atoms with Crippen molar-refractivity contribution in [1.82, 2.24) is 4.90 Å². The zero-order valence-electron chi connectivity index (χ0n) is 13.2. The van der Waals surface area contributed by atoms with Crippen molar-refractivity contribution >= 4 is 11.9 Å². The van der Waals surface area contributed by atoms with Crippen molar-refractivity contribution in [3.8, 4) is 5.75 Å². The molecule has 2 aliphatic heterocycles. The molecule has 1 atom stereocenters. The molecule has 7 heteroatoms. The molecule has 0 saturated carbocycles. The molecule has 2 saturated heterocycles. The lowest BCUT2D eigenvalue weighted by molar-refractivity contribution is -0.162. The molecule has 0 radical (unpaired) electrons. The van der Waals surface area contributed by atoms with Crippen molar-refractivity contribution in [2.24, 2.45) is 5.92 Å². The monoisotopic (exact) mass is 337 g/mol. The molecule has 0 aromatic heterocycles. The summed E-state index contributed by atoms with van der Waals surface area (Å²) < 4.78 is 24.6. The lowest BCUT2D eigenvalue weighted by Gasteiger charge is -2.39. The van der Waals surface area contributed by atoms with Crippen LogP contribution in [0.1, 0.15) is 19.3 Å². The summed E-state index contributed by atoms with van der Waals surface area (Å²) in [6.45, 7) is 1.55. The molecular formula is C17H20FNO5. The van der Waals surface area contributed by atoms with Crippen molar-refractivity contribution in [3.63, 3.8) is 0 Å². The summed E-state index contributed by atoms with van der Waals surface area (Å²) in [7, 11) is 0. The van der Waals surface area contributed by atoms with Crippen LogP contribution in [0.3, 0.4) is 0 Å². The molecule has 130 valence electrons. The topological polar surface area (TPSA) is 76.1 Å². The van der Waals surface area contributed by atoms with Crippen molar-refractivity contribution in [2.45, 2.75) is 24.9 Å². The molecular weight excluding hydrogens is 317 g/mol. The lowest BCUT2D eigenvalue weighted by Crippen LogP contribution is -2.55. The molecule has 2 heterocycles. The Balaban J connectivity index is 1.69. The maximum Gasteiger partial charge on any atom is 0.348 e. The number of rotatable bonds is 4. The average Bonchev–Trinajstić information content (AvgIpc) is 3.11. The summed E-state index contributed by atoms with van der Waals surface area (Å²) in [6, 6.07) is 5.74. The summed E-state index contributed by atoms with van der Waals surface area (Å²) in [5.41, 5.74) is -1.51. The van der Waals surface area contributed by atoms with E-state index >= 15 is 0 Å².